The van der Waals surface area contributed by atoms with Crippen molar-refractivity contribution in [2.24, 2.45) is 0 Å². The van der Waals surface area contributed by atoms with E-state index in [2.05, 4.69) is 78.4 Å². The minimum Gasteiger partial charge on any atom is -1.00 e. The molecule has 24 heavy (non-hydrogen) atoms. The first kappa shape index (κ1) is 23.9. The molecule has 0 fully saturated rings. The van der Waals surface area contributed by atoms with Crippen LogP contribution in [-0.4, -0.2) is 16.5 Å². The van der Waals surface area contributed by atoms with E-state index in [0.717, 1.165) is 0 Å². The van der Waals surface area contributed by atoms with E-state index in [9.17, 15) is 0 Å². The van der Waals surface area contributed by atoms with Crippen LogP contribution in [0.2, 0.25) is 10.5 Å². The molecule has 0 unspecified atom stereocenters. The molecular formula is C19H29Cl2NSiTi. The van der Waals surface area contributed by atoms with Crippen molar-refractivity contribution in [1.82, 2.24) is 3.80 Å². The fourth-order valence-electron chi connectivity index (χ4n) is 3.88. The van der Waals surface area contributed by atoms with Gasteiger partial charge in [0, 0.05) is 0 Å². The average molecular weight is 418 g/mol. The Bertz CT molecular complexity index is 802. The Hall–Kier alpha value is -0.0888. The van der Waals surface area contributed by atoms with Crippen LogP contribution in [0.4, 0.5) is 0 Å². The van der Waals surface area contributed by atoms with Gasteiger partial charge in [0.05, 0.1) is 0 Å². The normalized spacial score (nSPS) is 13.9. The fraction of sp³-hybridized carbons (Fsp3) is 0.368. The molecule has 0 saturated carbocycles. The number of nitrogens with one attached hydrogen (secondary N) is 1. The number of rotatable bonds is 2. The first-order valence-electron chi connectivity index (χ1n) is 7.73. The predicted molar refractivity (Wildman–Crippen MR) is 102 cm³/mol. The molecule has 0 spiro atoms. The molecule has 0 aromatic heterocycles. The van der Waals surface area contributed by atoms with Gasteiger partial charge in [-0.3, -0.25) is 0 Å². The Morgan fingerprint density at radius 3 is 2.21 bits per heavy atom. The number of hydrogen-bond donors (Lipinski definition) is 1. The van der Waals surface area contributed by atoms with Crippen LogP contribution < -0.4 is 39.1 Å². The summed E-state index contributed by atoms with van der Waals surface area (Å²) < 4.78 is 5.57. The number of allylic oxidation sites excluding steroid dienone is 2. The standard InChI is InChI=1S/C13H9.C4H10N.2CH3.2ClH.H4Si.Ti/c1-9-5-12-7-10-3-2-4-11(10)8-13(12)6-9;1-4(2,3)5;;;;;;/h2-5,7-8H,1H3;5H,1-3H3;2*1H3;2*1H;1H4;/q;-1;;;;;;+3/p-2. The SMILES string of the molecule is CC1=Cc2cc3c(cc2=[C]1[Ti+2]([CH3])([CH3])[NH]C(C)(C)C)C=CC=3.[Cl-].[Cl-].[SiH4]. The van der Waals surface area contributed by atoms with Crippen LogP contribution in [0, 0.1) is 0 Å². The molecule has 0 bridgehead atoms. The van der Waals surface area contributed by atoms with Gasteiger partial charge in [-0.1, -0.05) is 0 Å². The first-order chi connectivity index (χ1) is 9.67. The van der Waals surface area contributed by atoms with Gasteiger partial charge in [-0.25, -0.2) is 0 Å². The Labute approximate surface area is 166 Å². The van der Waals surface area contributed by atoms with Gasteiger partial charge >= 0.3 is 132 Å². The summed E-state index contributed by atoms with van der Waals surface area (Å²) in [6.07, 6.45) is 8.94. The molecule has 132 valence electrons. The summed E-state index contributed by atoms with van der Waals surface area (Å²) in [4.78, 5) is 0. The zero-order valence-corrected chi connectivity index (χ0v) is 17.8. The summed E-state index contributed by atoms with van der Waals surface area (Å²) in [5.74, 6) is 0. The van der Waals surface area contributed by atoms with E-state index < -0.39 is 16.8 Å². The maximum Gasteiger partial charge on any atom is -0.0149 e. The zero-order chi connectivity index (χ0) is 15.4. The number of fused-ring (bicyclic) bond motifs is 2. The third-order valence-corrected chi connectivity index (χ3v) is 9.29. The summed E-state index contributed by atoms with van der Waals surface area (Å²) in [6, 6.07) is 4.74. The third kappa shape index (κ3) is 4.55. The van der Waals surface area contributed by atoms with Crippen molar-refractivity contribution in [3.05, 3.63) is 45.3 Å². The fourth-order valence-corrected chi connectivity index (χ4v) is 10.0. The van der Waals surface area contributed by atoms with E-state index in [4.69, 9.17) is 0 Å². The van der Waals surface area contributed by atoms with Gasteiger partial charge in [-0.05, 0) is 11.0 Å². The van der Waals surface area contributed by atoms with Crippen molar-refractivity contribution >= 4 is 33.1 Å². The second-order valence-corrected chi connectivity index (χ2v) is 14.0. The van der Waals surface area contributed by atoms with Gasteiger partial charge in [0.1, 0.15) is 0 Å². The Balaban J connectivity index is 0.00000176. The van der Waals surface area contributed by atoms with E-state index in [1.54, 1.807) is 3.88 Å². The van der Waals surface area contributed by atoms with E-state index in [1.807, 2.05) is 0 Å². The number of halogens is 2. The van der Waals surface area contributed by atoms with Crippen LogP contribution in [0.5, 0.6) is 0 Å². The van der Waals surface area contributed by atoms with Crippen molar-refractivity contribution < 1.29 is 41.7 Å². The van der Waals surface area contributed by atoms with Crippen LogP contribution in [0.25, 0.3) is 22.1 Å². The van der Waals surface area contributed by atoms with Crippen molar-refractivity contribution in [2.45, 2.75) is 43.7 Å². The van der Waals surface area contributed by atoms with Crippen molar-refractivity contribution in [3.63, 3.8) is 0 Å². The van der Waals surface area contributed by atoms with Gasteiger partial charge in [0.2, 0.25) is 0 Å². The Morgan fingerprint density at radius 2 is 1.62 bits per heavy atom. The molecule has 0 heterocycles. The van der Waals surface area contributed by atoms with Gasteiger partial charge < -0.3 is 24.8 Å². The second kappa shape index (κ2) is 8.07. The molecule has 2 aliphatic carbocycles. The molecule has 1 N–H and O–H groups in total. The quantitative estimate of drug-likeness (QED) is 0.485. The van der Waals surface area contributed by atoms with Crippen LogP contribution >= 0.6 is 0 Å². The molecular weight excluding hydrogens is 389 g/mol. The molecule has 3 rings (SSSR count). The Kier molecular flexibility index (Phi) is 8.04. The van der Waals surface area contributed by atoms with Crippen LogP contribution in [0.1, 0.15) is 38.8 Å². The molecule has 1 nitrogen and oxygen atoms in total. The molecule has 1 aromatic carbocycles. The molecule has 0 saturated heterocycles. The summed E-state index contributed by atoms with van der Waals surface area (Å²) in [7, 11) is 0. The zero-order valence-electron chi connectivity index (χ0n) is 14.7. The van der Waals surface area contributed by atoms with Crippen LogP contribution in [0.3, 0.4) is 0 Å². The summed E-state index contributed by atoms with van der Waals surface area (Å²) in [6.45, 7) is 9.10. The molecule has 0 radical (unpaired) electrons. The smallest absolute Gasteiger partial charge is 0.0149 e. The molecule has 1 aromatic rings. The third-order valence-electron chi connectivity index (χ3n) is 4.15. The van der Waals surface area contributed by atoms with E-state index in [0.29, 0.717) is 0 Å². The monoisotopic (exact) mass is 417 g/mol. The number of hydrogen-bond acceptors (Lipinski definition) is 1. The minimum atomic E-state index is -2.26. The molecule has 0 atom stereocenters. The molecule has 0 aliphatic heterocycles. The largest absolute Gasteiger partial charge is 1.00 e. The van der Waals surface area contributed by atoms with E-state index >= 15 is 0 Å². The van der Waals surface area contributed by atoms with Gasteiger partial charge in [-0.2, -0.15) is 0 Å². The first-order valence-corrected chi connectivity index (χ1v) is 12.4. The average Bonchev–Trinajstić information content (AvgIpc) is 2.83. The maximum absolute atomic E-state index is 3.96. The van der Waals surface area contributed by atoms with Gasteiger partial charge in [0.25, 0.3) is 0 Å². The van der Waals surface area contributed by atoms with Gasteiger partial charge in [-0.15, -0.1) is 0 Å². The van der Waals surface area contributed by atoms with Crippen LogP contribution in [0.15, 0.2) is 23.8 Å². The van der Waals surface area contributed by atoms with Crippen molar-refractivity contribution in [1.29, 1.82) is 0 Å². The second-order valence-electron chi connectivity index (χ2n) is 7.80. The van der Waals surface area contributed by atoms with Crippen molar-refractivity contribution in [2.75, 3.05) is 0 Å². The molecule has 0 amide bonds. The van der Waals surface area contributed by atoms with E-state index in [-0.39, 0.29) is 41.3 Å². The topological polar surface area (TPSA) is 12.0 Å². The Morgan fingerprint density at radius 1 is 1.00 bits per heavy atom. The van der Waals surface area contributed by atoms with Crippen molar-refractivity contribution in [3.8, 4) is 0 Å². The number of benzene rings is 1. The maximum atomic E-state index is 3.96. The predicted octanol–water partition coefficient (Wildman–Crippen LogP) is -3.87. The van der Waals surface area contributed by atoms with Crippen LogP contribution in [-0.2, 0) is 16.8 Å². The minimum absolute atomic E-state index is 0. The molecule has 2 aliphatic rings. The summed E-state index contributed by atoms with van der Waals surface area (Å²) in [5, 5.41) is 7.77. The molecule has 5 heteroatoms. The summed E-state index contributed by atoms with van der Waals surface area (Å²) in [5.41, 5.74) is 4.39. The van der Waals surface area contributed by atoms with E-state index in [1.165, 1.54) is 27.1 Å². The van der Waals surface area contributed by atoms with Gasteiger partial charge in [0.15, 0.2) is 0 Å². The summed E-state index contributed by atoms with van der Waals surface area (Å²) >= 11 is -2.26.